The Kier molecular flexibility index (Phi) is 5.26. The van der Waals surface area contributed by atoms with E-state index < -0.39 is 0 Å². The molecule has 0 saturated heterocycles. The van der Waals surface area contributed by atoms with Crippen LogP contribution in [0.15, 0.2) is 102 Å². The predicted molar refractivity (Wildman–Crippen MR) is 130 cm³/mol. The third-order valence-electron chi connectivity index (χ3n) is 5.61. The Labute approximate surface area is 186 Å². The summed E-state index contributed by atoms with van der Waals surface area (Å²) in [6.45, 7) is 0.648. The Bertz CT molecular complexity index is 1460. The first-order chi connectivity index (χ1) is 15.7. The van der Waals surface area contributed by atoms with E-state index in [-0.39, 0.29) is 5.97 Å². The molecule has 156 valence electrons. The average Bonchev–Trinajstić information content (AvgIpc) is 3.19. The summed E-state index contributed by atoms with van der Waals surface area (Å²) in [5, 5.41) is 3.52. The van der Waals surface area contributed by atoms with Crippen molar-refractivity contribution in [2.75, 3.05) is 7.11 Å². The number of esters is 1. The van der Waals surface area contributed by atoms with Gasteiger partial charge in [-0.3, -0.25) is 4.99 Å². The fourth-order valence-corrected chi connectivity index (χ4v) is 4.02. The van der Waals surface area contributed by atoms with Gasteiger partial charge >= 0.3 is 5.97 Å². The topological polar surface area (TPSA) is 43.6 Å². The molecule has 0 N–H and O–H groups in total. The van der Waals surface area contributed by atoms with Crippen LogP contribution in [-0.2, 0) is 11.3 Å². The van der Waals surface area contributed by atoms with Gasteiger partial charge in [-0.2, -0.15) is 0 Å². The molecule has 1 heterocycles. The molecule has 32 heavy (non-hydrogen) atoms. The van der Waals surface area contributed by atoms with E-state index in [1.165, 1.54) is 17.9 Å². The number of carbonyl (C=O) groups excluding carboxylic acids is 1. The van der Waals surface area contributed by atoms with Crippen molar-refractivity contribution in [1.82, 2.24) is 4.57 Å². The van der Waals surface area contributed by atoms with Crippen molar-refractivity contribution >= 4 is 39.5 Å². The number of para-hydroxylation sites is 1. The smallest absolute Gasteiger partial charge is 0.337 e. The average molecular weight is 418 g/mol. The van der Waals surface area contributed by atoms with Gasteiger partial charge in [0.15, 0.2) is 0 Å². The number of rotatable bonds is 5. The number of fused-ring (bicyclic) bond motifs is 2. The molecular formula is C28H22N2O2. The summed E-state index contributed by atoms with van der Waals surface area (Å²) in [4.78, 5) is 16.6. The highest BCUT2D eigenvalue weighted by Crippen LogP contribution is 2.24. The summed E-state index contributed by atoms with van der Waals surface area (Å²) in [7, 11) is 1.40. The van der Waals surface area contributed by atoms with Gasteiger partial charge in [0.25, 0.3) is 0 Å². The van der Waals surface area contributed by atoms with E-state index in [9.17, 15) is 4.79 Å². The maximum absolute atomic E-state index is 11.9. The van der Waals surface area contributed by atoms with Crippen LogP contribution in [0.1, 0.15) is 21.5 Å². The van der Waals surface area contributed by atoms with E-state index in [2.05, 4.69) is 47.2 Å². The van der Waals surface area contributed by atoms with Crippen LogP contribution in [0.4, 0.5) is 5.69 Å². The third kappa shape index (κ3) is 3.91. The lowest BCUT2D eigenvalue weighted by Crippen LogP contribution is -2.03. The van der Waals surface area contributed by atoms with Crippen molar-refractivity contribution in [2.45, 2.75) is 6.54 Å². The van der Waals surface area contributed by atoms with Gasteiger partial charge in [0.1, 0.15) is 0 Å². The number of hydrogen-bond donors (Lipinski definition) is 0. The van der Waals surface area contributed by atoms with Crippen LogP contribution < -0.4 is 0 Å². The van der Waals surface area contributed by atoms with Crippen LogP contribution in [-0.4, -0.2) is 23.9 Å². The largest absolute Gasteiger partial charge is 0.465 e. The maximum Gasteiger partial charge on any atom is 0.337 e. The second-order valence-corrected chi connectivity index (χ2v) is 7.71. The Morgan fingerprint density at radius 1 is 0.906 bits per heavy atom. The number of aromatic nitrogens is 1. The molecule has 0 unspecified atom stereocenters. The quantitative estimate of drug-likeness (QED) is 0.245. The molecule has 4 heteroatoms. The molecule has 5 rings (SSSR count). The van der Waals surface area contributed by atoms with Crippen molar-refractivity contribution in [3.05, 3.63) is 114 Å². The minimum absolute atomic E-state index is 0.326. The monoisotopic (exact) mass is 418 g/mol. The first-order valence-electron chi connectivity index (χ1n) is 10.5. The predicted octanol–water partition coefficient (Wildman–Crippen LogP) is 6.38. The summed E-state index contributed by atoms with van der Waals surface area (Å²) < 4.78 is 7.04. The molecule has 0 aliphatic rings. The van der Waals surface area contributed by atoms with Crippen molar-refractivity contribution in [3.8, 4) is 0 Å². The minimum atomic E-state index is -0.326. The third-order valence-corrected chi connectivity index (χ3v) is 5.61. The van der Waals surface area contributed by atoms with Crippen LogP contribution in [0, 0.1) is 0 Å². The highest BCUT2D eigenvalue weighted by atomic mass is 16.5. The van der Waals surface area contributed by atoms with Crippen LogP contribution in [0.2, 0.25) is 0 Å². The summed E-state index contributed by atoms with van der Waals surface area (Å²) >= 11 is 0. The minimum Gasteiger partial charge on any atom is -0.465 e. The Balaban J connectivity index is 1.48. The van der Waals surface area contributed by atoms with Crippen molar-refractivity contribution in [3.63, 3.8) is 0 Å². The molecular weight excluding hydrogens is 396 g/mol. The number of ether oxygens (including phenoxy) is 1. The highest BCUT2D eigenvalue weighted by molar-refractivity contribution is 6.00. The SMILES string of the molecule is COC(=O)c1cccc(Cn2cc(C=Nc3ccc4ccccc4c3)c3ccccc32)c1. The van der Waals surface area contributed by atoms with Crippen LogP contribution in [0.3, 0.4) is 0 Å². The molecule has 0 spiro atoms. The number of hydrogen-bond acceptors (Lipinski definition) is 3. The van der Waals surface area contributed by atoms with Gasteiger partial charge < -0.3 is 9.30 Å². The lowest BCUT2D eigenvalue weighted by Gasteiger charge is -2.07. The molecule has 0 aliphatic carbocycles. The number of nitrogens with zero attached hydrogens (tertiary/aromatic N) is 2. The fraction of sp³-hybridized carbons (Fsp3) is 0.0714. The molecule has 4 nitrogen and oxygen atoms in total. The number of carbonyl (C=O) groups is 1. The Morgan fingerprint density at radius 2 is 1.72 bits per heavy atom. The molecule has 0 amide bonds. The Hall–Kier alpha value is -4.18. The van der Waals surface area contributed by atoms with Gasteiger partial charge in [-0.1, -0.05) is 60.7 Å². The summed E-state index contributed by atoms with van der Waals surface area (Å²) in [5.41, 5.74) is 4.69. The molecule has 0 atom stereocenters. The van der Waals surface area contributed by atoms with Gasteiger partial charge in [0, 0.05) is 35.4 Å². The van der Waals surface area contributed by atoms with Crippen LogP contribution in [0.5, 0.6) is 0 Å². The standard InChI is InChI=1S/C28H22N2O2/c1-32-28(31)23-10-6-7-20(15-23)18-30-19-24(26-11-4-5-12-27(26)30)17-29-25-14-13-21-8-2-3-9-22(21)16-25/h2-17,19H,18H2,1H3. The lowest BCUT2D eigenvalue weighted by molar-refractivity contribution is 0.0600. The van der Waals surface area contributed by atoms with E-state index in [0.717, 1.165) is 27.7 Å². The number of aliphatic imine (C=N–C) groups is 1. The normalized spacial score (nSPS) is 11.4. The molecule has 0 fully saturated rings. The van der Waals surface area contributed by atoms with Gasteiger partial charge in [0.2, 0.25) is 0 Å². The first-order valence-corrected chi connectivity index (χ1v) is 10.5. The van der Waals surface area contributed by atoms with E-state index in [4.69, 9.17) is 9.73 Å². The van der Waals surface area contributed by atoms with Gasteiger partial charge in [-0.25, -0.2) is 4.79 Å². The fourth-order valence-electron chi connectivity index (χ4n) is 4.02. The Morgan fingerprint density at radius 3 is 2.59 bits per heavy atom. The molecule has 1 aromatic heterocycles. The zero-order valence-corrected chi connectivity index (χ0v) is 17.7. The second-order valence-electron chi connectivity index (χ2n) is 7.71. The highest BCUT2D eigenvalue weighted by Gasteiger charge is 2.10. The molecule has 0 aliphatic heterocycles. The molecule has 4 aromatic carbocycles. The zero-order chi connectivity index (χ0) is 21.9. The number of methoxy groups -OCH3 is 1. The maximum atomic E-state index is 11.9. The molecule has 0 bridgehead atoms. The van der Waals surface area contributed by atoms with Crippen molar-refractivity contribution in [2.24, 2.45) is 4.99 Å². The molecule has 0 saturated carbocycles. The van der Waals surface area contributed by atoms with Crippen LogP contribution >= 0.6 is 0 Å². The molecule has 5 aromatic rings. The zero-order valence-electron chi connectivity index (χ0n) is 17.7. The van der Waals surface area contributed by atoms with Gasteiger partial charge in [-0.15, -0.1) is 0 Å². The summed E-state index contributed by atoms with van der Waals surface area (Å²) in [5.74, 6) is -0.326. The summed E-state index contributed by atoms with van der Waals surface area (Å²) in [6, 6.07) is 30.4. The number of benzene rings is 4. The van der Waals surface area contributed by atoms with Gasteiger partial charge in [0.05, 0.1) is 18.4 Å². The second kappa shape index (κ2) is 8.52. The molecule has 0 radical (unpaired) electrons. The van der Waals surface area contributed by atoms with Crippen molar-refractivity contribution in [1.29, 1.82) is 0 Å². The van der Waals surface area contributed by atoms with E-state index in [1.54, 1.807) is 6.07 Å². The summed E-state index contributed by atoms with van der Waals surface area (Å²) in [6.07, 6.45) is 4.04. The lowest BCUT2D eigenvalue weighted by atomic mass is 10.1. The van der Waals surface area contributed by atoms with Crippen molar-refractivity contribution < 1.29 is 9.53 Å². The van der Waals surface area contributed by atoms with Gasteiger partial charge in [-0.05, 0) is 46.7 Å². The van der Waals surface area contributed by atoms with E-state index in [1.807, 2.05) is 54.7 Å². The van der Waals surface area contributed by atoms with E-state index >= 15 is 0 Å². The first kappa shape index (κ1) is 19.8. The van der Waals surface area contributed by atoms with E-state index in [0.29, 0.717) is 12.1 Å². The van der Waals surface area contributed by atoms with Crippen LogP contribution in [0.25, 0.3) is 21.7 Å².